The Morgan fingerprint density at radius 2 is 1.55 bits per heavy atom. The van der Waals surface area contributed by atoms with Crippen molar-refractivity contribution in [2.24, 2.45) is 29.4 Å². The van der Waals surface area contributed by atoms with E-state index < -0.39 is 0 Å². The fourth-order valence-corrected chi connectivity index (χ4v) is 4.56. The number of imide groups is 1. The molecule has 1 saturated heterocycles. The van der Waals surface area contributed by atoms with Crippen molar-refractivity contribution >= 4 is 11.8 Å². The first-order valence-corrected chi connectivity index (χ1v) is 8.06. The number of rotatable bonds is 2. The van der Waals surface area contributed by atoms with E-state index in [1.54, 1.807) is 4.90 Å². The van der Waals surface area contributed by atoms with Gasteiger partial charge in [0.25, 0.3) is 0 Å². The second kappa shape index (κ2) is 4.83. The fraction of sp³-hybridized carbons (Fsp3) is 0.875. The number of hydrogen-bond donors (Lipinski definition) is 1. The van der Waals surface area contributed by atoms with Crippen molar-refractivity contribution in [2.75, 3.05) is 6.54 Å². The van der Waals surface area contributed by atoms with Crippen LogP contribution in [0.15, 0.2) is 0 Å². The highest BCUT2D eigenvalue weighted by atomic mass is 16.2. The second-order valence-electron chi connectivity index (χ2n) is 7.41. The largest absolute Gasteiger partial charge is 0.328 e. The van der Waals surface area contributed by atoms with Gasteiger partial charge in [-0.05, 0) is 50.4 Å². The van der Waals surface area contributed by atoms with Gasteiger partial charge in [-0.25, -0.2) is 0 Å². The van der Waals surface area contributed by atoms with Crippen molar-refractivity contribution in [3.05, 3.63) is 0 Å². The predicted molar refractivity (Wildman–Crippen MR) is 76.6 cm³/mol. The third-order valence-electron chi connectivity index (χ3n) is 5.93. The van der Waals surface area contributed by atoms with Crippen molar-refractivity contribution in [2.45, 2.75) is 57.9 Å². The fourth-order valence-electron chi connectivity index (χ4n) is 4.56. The van der Waals surface area contributed by atoms with E-state index >= 15 is 0 Å². The maximum Gasteiger partial charge on any atom is 0.233 e. The van der Waals surface area contributed by atoms with Crippen LogP contribution in [0.25, 0.3) is 0 Å². The second-order valence-corrected chi connectivity index (χ2v) is 7.41. The highest BCUT2D eigenvalue weighted by Gasteiger charge is 2.57. The van der Waals surface area contributed by atoms with Crippen LogP contribution in [0.3, 0.4) is 0 Å². The minimum absolute atomic E-state index is 0.0553. The number of hydrogen-bond acceptors (Lipinski definition) is 3. The molecule has 4 heteroatoms. The maximum absolute atomic E-state index is 12.7. The van der Waals surface area contributed by atoms with Crippen LogP contribution < -0.4 is 5.73 Å². The number of carbonyl (C=O) groups is 2. The van der Waals surface area contributed by atoms with Crippen LogP contribution in [-0.2, 0) is 9.59 Å². The zero-order valence-electron chi connectivity index (χ0n) is 12.6. The number of fused-ring (bicyclic) bond motifs is 1. The SMILES string of the molecule is CC1CCC(CN)(N2C(=O)C3CC(C)CC3C2=O)CC1. The molecule has 0 radical (unpaired) electrons. The number of nitrogens with two attached hydrogens (primary N) is 1. The quantitative estimate of drug-likeness (QED) is 0.785. The minimum Gasteiger partial charge on any atom is -0.328 e. The van der Waals surface area contributed by atoms with Gasteiger partial charge in [-0.15, -0.1) is 0 Å². The van der Waals surface area contributed by atoms with Crippen LogP contribution in [0.1, 0.15) is 52.4 Å². The van der Waals surface area contributed by atoms with E-state index in [0.29, 0.717) is 18.4 Å². The molecule has 0 aromatic carbocycles. The van der Waals surface area contributed by atoms with Crippen LogP contribution in [0.5, 0.6) is 0 Å². The summed E-state index contributed by atoms with van der Waals surface area (Å²) in [6.07, 6.45) is 5.67. The zero-order valence-corrected chi connectivity index (χ0v) is 12.6. The molecule has 3 fully saturated rings. The van der Waals surface area contributed by atoms with Crippen LogP contribution in [0, 0.1) is 23.7 Å². The standard InChI is InChI=1S/C16H26N2O2/c1-10-3-5-16(9-17,6-4-10)18-14(19)12-7-11(2)8-13(12)15(18)20/h10-13H,3-9,17H2,1-2H3. The van der Waals surface area contributed by atoms with Crippen molar-refractivity contribution in [1.82, 2.24) is 4.90 Å². The number of amides is 2. The maximum atomic E-state index is 12.7. The molecule has 112 valence electrons. The first-order valence-electron chi connectivity index (χ1n) is 8.06. The summed E-state index contributed by atoms with van der Waals surface area (Å²) >= 11 is 0. The minimum atomic E-state index is -0.381. The Labute approximate surface area is 121 Å². The predicted octanol–water partition coefficient (Wildman–Crippen LogP) is 1.93. The van der Waals surface area contributed by atoms with Gasteiger partial charge in [0, 0.05) is 6.54 Å². The average molecular weight is 278 g/mol. The molecule has 2 atom stereocenters. The molecule has 2 unspecified atom stereocenters. The average Bonchev–Trinajstić information content (AvgIpc) is 2.92. The molecule has 2 aliphatic carbocycles. The Morgan fingerprint density at radius 3 is 2.00 bits per heavy atom. The van der Waals surface area contributed by atoms with Crippen LogP contribution in [0.2, 0.25) is 0 Å². The summed E-state index contributed by atoms with van der Waals surface area (Å²) in [5.74, 6) is 1.22. The molecule has 4 nitrogen and oxygen atoms in total. The Bertz CT molecular complexity index is 402. The Kier molecular flexibility index (Phi) is 3.39. The summed E-state index contributed by atoms with van der Waals surface area (Å²) < 4.78 is 0. The molecule has 1 heterocycles. The molecule has 0 aromatic rings. The summed E-state index contributed by atoms with van der Waals surface area (Å²) in [5.41, 5.74) is 5.64. The van der Waals surface area contributed by atoms with Gasteiger partial charge >= 0.3 is 0 Å². The van der Waals surface area contributed by atoms with E-state index in [9.17, 15) is 9.59 Å². The van der Waals surface area contributed by atoms with E-state index in [0.717, 1.165) is 38.5 Å². The van der Waals surface area contributed by atoms with E-state index in [2.05, 4.69) is 13.8 Å². The van der Waals surface area contributed by atoms with Crippen LogP contribution in [-0.4, -0.2) is 28.8 Å². The zero-order chi connectivity index (χ0) is 14.5. The molecule has 2 N–H and O–H groups in total. The van der Waals surface area contributed by atoms with Gasteiger partial charge in [0.1, 0.15) is 0 Å². The molecule has 0 aromatic heterocycles. The van der Waals surface area contributed by atoms with E-state index in [-0.39, 0.29) is 29.2 Å². The van der Waals surface area contributed by atoms with E-state index in [4.69, 9.17) is 5.73 Å². The lowest BCUT2D eigenvalue weighted by Crippen LogP contribution is -2.58. The molecule has 3 rings (SSSR count). The van der Waals surface area contributed by atoms with Crippen molar-refractivity contribution < 1.29 is 9.59 Å². The number of likely N-dealkylation sites (tertiary alicyclic amines) is 1. The van der Waals surface area contributed by atoms with Gasteiger partial charge < -0.3 is 5.73 Å². The van der Waals surface area contributed by atoms with Crippen molar-refractivity contribution in [3.8, 4) is 0 Å². The Hall–Kier alpha value is -0.900. The highest BCUT2D eigenvalue weighted by Crippen LogP contribution is 2.47. The monoisotopic (exact) mass is 278 g/mol. The van der Waals surface area contributed by atoms with Crippen molar-refractivity contribution in [1.29, 1.82) is 0 Å². The Morgan fingerprint density at radius 1 is 1.05 bits per heavy atom. The van der Waals surface area contributed by atoms with Crippen molar-refractivity contribution in [3.63, 3.8) is 0 Å². The topological polar surface area (TPSA) is 63.4 Å². The number of nitrogens with zero attached hydrogens (tertiary/aromatic N) is 1. The third kappa shape index (κ3) is 1.92. The molecule has 0 spiro atoms. The lowest BCUT2D eigenvalue weighted by atomic mass is 9.76. The molecule has 2 saturated carbocycles. The normalized spacial score (nSPS) is 45.0. The van der Waals surface area contributed by atoms with Gasteiger partial charge in [-0.1, -0.05) is 13.8 Å². The molecular formula is C16H26N2O2. The van der Waals surface area contributed by atoms with E-state index in [1.807, 2.05) is 0 Å². The lowest BCUT2D eigenvalue weighted by molar-refractivity contribution is -0.149. The van der Waals surface area contributed by atoms with E-state index in [1.165, 1.54) is 0 Å². The van der Waals surface area contributed by atoms with Gasteiger partial charge in [0.05, 0.1) is 17.4 Å². The third-order valence-corrected chi connectivity index (χ3v) is 5.93. The van der Waals surface area contributed by atoms with Gasteiger partial charge in [-0.3, -0.25) is 14.5 Å². The van der Waals surface area contributed by atoms with Gasteiger partial charge in [0.15, 0.2) is 0 Å². The highest BCUT2D eigenvalue weighted by molar-refractivity contribution is 6.06. The molecular weight excluding hydrogens is 252 g/mol. The lowest BCUT2D eigenvalue weighted by Gasteiger charge is -2.44. The van der Waals surface area contributed by atoms with Gasteiger partial charge in [0.2, 0.25) is 11.8 Å². The first kappa shape index (κ1) is 14.1. The molecule has 20 heavy (non-hydrogen) atoms. The molecule has 1 aliphatic heterocycles. The summed E-state index contributed by atoms with van der Waals surface area (Å²) in [7, 11) is 0. The summed E-state index contributed by atoms with van der Waals surface area (Å²) in [6.45, 7) is 4.81. The molecule has 2 amide bonds. The van der Waals surface area contributed by atoms with Gasteiger partial charge in [-0.2, -0.15) is 0 Å². The number of carbonyl (C=O) groups excluding carboxylic acids is 2. The first-order chi connectivity index (χ1) is 9.48. The smallest absolute Gasteiger partial charge is 0.233 e. The summed E-state index contributed by atoms with van der Waals surface area (Å²) in [6, 6.07) is 0. The molecule has 3 aliphatic rings. The van der Waals surface area contributed by atoms with Crippen LogP contribution in [0.4, 0.5) is 0 Å². The summed E-state index contributed by atoms with van der Waals surface area (Å²) in [4.78, 5) is 27.1. The Balaban J connectivity index is 1.86. The molecule has 0 bridgehead atoms. The summed E-state index contributed by atoms with van der Waals surface area (Å²) in [5, 5.41) is 0. The van der Waals surface area contributed by atoms with Crippen LogP contribution >= 0.6 is 0 Å².